The molecular formula is C17H16Cl2N2O2. The molecule has 0 spiro atoms. The molecule has 0 atom stereocenters. The summed E-state index contributed by atoms with van der Waals surface area (Å²) in [6.45, 7) is 0.468. The van der Waals surface area contributed by atoms with Crippen LogP contribution in [0, 0.1) is 0 Å². The molecule has 0 aromatic heterocycles. The monoisotopic (exact) mass is 350 g/mol. The Balaban J connectivity index is 2.17. The SMILES string of the molecule is CN(Cc1ccccc1)C(=O)c1ccccc1NC(=O)C(Cl)Cl. The van der Waals surface area contributed by atoms with Gasteiger partial charge in [0.05, 0.1) is 11.3 Å². The minimum atomic E-state index is -1.19. The largest absolute Gasteiger partial charge is 0.337 e. The first-order chi connectivity index (χ1) is 11.0. The Labute approximate surface area is 145 Å². The van der Waals surface area contributed by atoms with Crippen molar-refractivity contribution in [3.05, 3.63) is 65.7 Å². The van der Waals surface area contributed by atoms with Gasteiger partial charge in [-0.3, -0.25) is 9.59 Å². The fourth-order valence-electron chi connectivity index (χ4n) is 2.10. The molecule has 0 unspecified atom stereocenters. The Bertz CT molecular complexity index is 690. The number of nitrogens with zero attached hydrogens (tertiary/aromatic N) is 1. The summed E-state index contributed by atoms with van der Waals surface area (Å²) in [5.74, 6) is -0.773. The van der Waals surface area contributed by atoms with Gasteiger partial charge in [0.1, 0.15) is 0 Å². The summed E-state index contributed by atoms with van der Waals surface area (Å²) < 4.78 is 0. The lowest BCUT2D eigenvalue weighted by Gasteiger charge is -2.19. The van der Waals surface area contributed by atoms with Crippen LogP contribution in [-0.2, 0) is 11.3 Å². The summed E-state index contributed by atoms with van der Waals surface area (Å²) >= 11 is 11.1. The lowest BCUT2D eigenvalue weighted by atomic mass is 10.1. The number of nitrogens with one attached hydrogen (secondary N) is 1. The molecule has 2 amide bonds. The molecule has 6 heteroatoms. The van der Waals surface area contributed by atoms with Crippen LogP contribution in [-0.4, -0.2) is 28.6 Å². The number of halogens is 2. The standard InChI is InChI=1S/C17H16Cl2N2O2/c1-21(11-12-7-3-2-4-8-12)17(23)13-9-5-6-10-14(13)20-16(22)15(18)19/h2-10,15H,11H2,1H3,(H,20,22). The molecular weight excluding hydrogens is 335 g/mol. The highest BCUT2D eigenvalue weighted by Gasteiger charge is 2.19. The summed E-state index contributed by atoms with van der Waals surface area (Å²) in [6.07, 6.45) is 0. The van der Waals surface area contributed by atoms with Gasteiger partial charge in [-0.15, -0.1) is 0 Å². The third-order valence-electron chi connectivity index (χ3n) is 3.22. The summed E-state index contributed by atoms with van der Waals surface area (Å²) in [5.41, 5.74) is 1.79. The van der Waals surface area contributed by atoms with Crippen LogP contribution in [0.15, 0.2) is 54.6 Å². The van der Waals surface area contributed by atoms with E-state index in [2.05, 4.69) is 5.32 Å². The highest BCUT2D eigenvalue weighted by Crippen LogP contribution is 2.19. The van der Waals surface area contributed by atoms with E-state index >= 15 is 0 Å². The van der Waals surface area contributed by atoms with E-state index in [1.165, 1.54) is 0 Å². The fraction of sp³-hybridized carbons (Fsp3) is 0.176. The van der Waals surface area contributed by atoms with E-state index in [4.69, 9.17) is 23.2 Å². The zero-order valence-electron chi connectivity index (χ0n) is 12.5. The van der Waals surface area contributed by atoms with Gasteiger partial charge in [-0.05, 0) is 17.7 Å². The highest BCUT2D eigenvalue weighted by molar-refractivity contribution is 6.54. The normalized spacial score (nSPS) is 10.4. The van der Waals surface area contributed by atoms with Crippen molar-refractivity contribution < 1.29 is 9.59 Å². The molecule has 0 aliphatic heterocycles. The molecule has 4 nitrogen and oxygen atoms in total. The molecule has 0 saturated carbocycles. The van der Waals surface area contributed by atoms with Crippen molar-refractivity contribution in [2.24, 2.45) is 0 Å². The molecule has 0 fully saturated rings. The van der Waals surface area contributed by atoms with Crippen molar-refractivity contribution >= 4 is 40.7 Å². The second kappa shape index (κ2) is 7.99. The number of carbonyl (C=O) groups excluding carboxylic acids is 2. The van der Waals surface area contributed by atoms with Gasteiger partial charge in [0.2, 0.25) is 0 Å². The molecule has 2 aromatic rings. The number of para-hydroxylation sites is 1. The molecule has 23 heavy (non-hydrogen) atoms. The van der Waals surface area contributed by atoms with E-state index < -0.39 is 10.7 Å². The molecule has 0 aliphatic carbocycles. The average Bonchev–Trinajstić information content (AvgIpc) is 2.55. The van der Waals surface area contributed by atoms with E-state index in [1.807, 2.05) is 30.3 Å². The van der Waals surface area contributed by atoms with Gasteiger partial charge in [-0.25, -0.2) is 0 Å². The first kappa shape index (κ1) is 17.3. The molecule has 0 heterocycles. The smallest absolute Gasteiger partial charge is 0.257 e. The number of anilines is 1. The van der Waals surface area contributed by atoms with E-state index in [0.717, 1.165) is 5.56 Å². The fourth-order valence-corrected chi connectivity index (χ4v) is 2.21. The maximum Gasteiger partial charge on any atom is 0.257 e. The van der Waals surface area contributed by atoms with Gasteiger partial charge < -0.3 is 10.2 Å². The lowest BCUT2D eigenvalue weighted by Crippen LogP contribution is -2.28. The van der Waals surface area contributed by atoms with Crippen molar-refractivity contribution in [3.63, 3.8) is 0 Å². The molecule has 0 saturated heterocycles. The van der Waals surface area contributed by atoms with Crippen LogP contribution < -0.4 is 5.32 Å². The molecule has 2 aromatic carbocycles. The highest BCUT2D eigenvalue weighted by atomic mass is 35.5. The number of benzene rings is 2. The van der Waals surface area contributed by atoms with Gasteiger partial charge >= 0.3 is 0 Å². The molecule has 0 bridgehead atoms. The Kier molecular flexibility index (Phi) is 6.02. The van der Waals surface area contributed by atoms with Crippen LogP contribution in [0.5, 0.6) is 0 Å². The van der Waals surface area contributed by atoms with Crippen LogP contribution in [0.3, 0.4) is 0 Å². The summed E-state index contributed by atoms with van der Waals surface area (Å²) in [5, 5.41) is 2.56. The zero-order chi connectivity index (χ0) is 16.8. The molecule has 0 radical (unpaired) electrons. The van der Waals surface area contributed by atoms with Crippen molar-refractivity contribution in [2.75, 3.05) is 12.4 Å². The average molecular weight is 351 g/mol. The minimum absolute atomic E-state index is 0.203. The Morgan fingerprint density at radius 1 is 1.04 bits per heavy atom. The number of alkyl halides is 2. The van der Waals surface area contributed by atoms with E-state index in [0.29, 0.717) is 17.8 Å². The van der Waals surface area contributed by atoms with Gasteiger partial charge in [-0.2, -0.15) is 0 Å². The van der Waals surface area contributed by atoms with E-state index in [9.17, 15) is 9.59 Å². The molecule has 0 aliphatic rings. The zero-order valence-corrected chi connectivity index (χ0v) is 14.0. The Hall–Kier alpha value is -2.04. The predicted octanol–water partition coefficient (Wildman–Crippen LogP) is 3.70. The quantitative estimate of drug-likeness (QED) is 0.835. The van der Waals surface area contributed by atoms with Gasteiger partial charge in [0, 0.05) is 13.6 Å². The van der Waals surface area contributed by atoms with Crippen molar-refractivity contribution in [1.29, 1.82) is 0 Å². The maximum atomic E-state index is 12.6. The van der Waals surface area contributed by atoms with Crippen molar-refractivity contribution in [1.82, 2.24) is 4.90 Å². The number of amides is 2. The lowest BCUT2D eigenvalue weighted by molar-refractivity contribution is -0.114. The summed E-state index contributed by atoms with van der Waals surface area (Å²) in [7, 11) is 1.71. The summed E-state index contributed by atoms with van der Waals surface area (Å²) in [6, 6.07) is 16.4. The number of rotatable bonds is 5. The van der Waals surface area contributed by atoms with Crippen LogP contribution in [0.2, 0.25) is 0 Å². The molecule has 120 valence electrons. The van der Waals surface area contributed by atoms with Gasteiger partial charge in [0.15, 0.2) is 4.84 Å². The second-order valence-electron chi connectivity index (χ2n) is 4.98. The van der Waals surface area contributed by atoms with Crippen LogP contribution >= 0.6 is 23.2 Å². The topological polar surface area (TPSA) is 49.4 Å². The van der Waals surface area contributed by atoms with Crippen molar-refractivity contribution in [3.8, 4) is 0 Å². The van der Waals surface area contributed by atoms with Crippen LogP contribution in [0.25, 0.3) is 0 Å². The molecule has 2 rings (SSSR count). The predicted molar refractivity (Wildman–Crippen MR) is 92.8 cm³/mol. The van der Waals surface area contributed by atoms with E-state index in [-0.39, 0.29) is 5.91 Å². The number of hydrogen-bond donors (Lipinski definition) is 1. The van der Waals surface area contributed by atoms with Gasteiger partial charge in [-0.1, -0.05) is 65.7 Å². The van der Waals surface area contributed by atoms with Crippen LogP contribution in [0.4, 0.5) is 5.69 Å². The third-order valence-corrected chi connectivity index (χ3v) is 3.62. The van der Waals surface area contributed by atoms with Crippen LogP contribution in [0.1, 0.15) is 15.9 Å². The first-order valence-corrected chi connectivity index (χ1v) is 7.83. The number of hydrogen-bond acceptors (Lipinski definition) is 2. The Morgan fingerprint density at radius 2 is 1.65 bits per heavy atom. The first-order valence-electron chi connectivity index (χ1n) is 6.96. The van der Waals surface area contributed by atoms with Crippen molar-refractivity contribution in [2.45, 2.75) is 11.4 Å². The molecule has 1 N–H and O–H groups in total. The van der Waals surface area contributed by atoms with E-state index in [1.54, 1.807) is 36.2 Å². The second-order valence-corrected chi connectivity index (χ2v) is 6.08. The number of carbonyl (C=O) groups is 2. The Morgan fingerprint density at radius 3 is 2.30 bits per heavy atom. The third kappa shape index (κ3) is 4.71. The van der Waals surface area contributed by atoms with Gasteiger partial charge in [0.25, 0.3) is 11.8 Å². The summed E-state index contributed by atoms with van der Waals surface area (Å²) in [4.78, 5) is 24.7. The maximum absolute atomic E-state index is 12.6. The minimum Gasteiger partial charge on any atom is -0.337 e.